The number of hydrogen-bond acceptors (Lipinski definition) is 6. The molecule has 2 N–H and O–H groups in total. The first-order valence-electron chi connectivity index (χ1n) is 10.2. The Morgan fingerprint density at radius 3 is 2.72 bits per heavy atom. The van der Waals surface area contributed by atoms with Gasteiger partial charge >= 0.3 is 0 Å². The third kappa shape index (κ3) is 7.16. The monoisotopic (exact) mass is 449 g/mol. The van der Waals surface area contributed by atoms with Crippen LogP contribution in [0.1, 0.15) is 25.3 Å². The topological polar surface area (TPSA) is 57.2 Å². The Hall–Kier alpha value is -0.760. The van der Waals surface area contributed by atoms with Gasteiger partial charge in [-0.2, -0.15) is 0 Å². The molecule has 29 heavy (non-hydrogen) atoms. The van der Waals surface area contributed by atoms with Crippen LogP contribution in [0.5, 0.6) is 11.5 Å². The second-order valence-corrected chi connectivity index (χ2v) is 8.11. The number of ether oxygens (including phenoxy) is 2. The highest BCUT2D eigenvalue weighted by Crippen LogP contribution is 2.34. The predicted molar refractivity (Wildman–Crippen MR) is 122 cm³/mol. The molecule has 2 aliphatic heterocycles. The lowest BCUT2D eigenvalue weighted by atomic mass is 9.76. The molecule has 0 amide bonds. The van der Waals surface area contributed by atoms with Crippen molar-refractivity contribution in [1.82, 2.24) is 15.1 Å². The minimum absolute atomic E-state index is 0. The normalized spacial score (nSPS) is 24.2. The highest BCUT2D eigenvalue weighted by molar-refractivity contribution is 5.85. The van der Waals surface area contributed by atoms with Crippen LogP contribution in [0.15, 0.2) is 18.2 Å². The molecule has 0 saturated carbocycles. The fourth-order valence-corrected chi connectivity index (χ4v) is 4.07. The first kappa shape index (κ1) is 26.3. The number of aliphatic hydroxyl groups is 1. The van der Waals surface area contributed by atoms with Gasteiger partial charge in [-0.3, -0.25) is 4.90 Å². The molecule has 0 spiro atoms. The van der Waals surface area contributed by atoms with Crippen LogP contribution in [0.25, 0.3) is 0 Å². The first-order chi connectivity index (χ1) is 13.0. The Morgan fingerprint density at radius 2 is 2.00 bits per heavy atom. The minimum Gasteiger partial charge on any atom is -0.490 e. The summed E-state index contributed by atoms with van der Waals surface area (Å²) in [7, 11) is 4.08. The molecule has 2 saturated heterocycles. The molecule has 3 rings (SSSR count). The van der Waals surface area contributed by atoms with Gasteiger partial charge in [-0.1, -0.05) is 6.07 Å². The molecule has 2 fully saturated rings. The van der Waals surface area contributed by atoms with Crippen molar-refractivity contribution in [3.8, 4) is 11.5 Å². The molecular weight excluding hydrogens is 413 g/mol. The zero-order chi connectivity index (χ0) is 19.3. The van der Waals surface area contributed by atoms with E-state index in [9.17, 15) is 5.11 Å². The van der Waals surface area contributed by atoms with Gasteiger partial charge in [-0.05, 0) is 58.1 Å². The van der Waals surface area contributed by atoms with Crippen LogP contribution in [0.2, 0.25) is 0 Å². The average molecular weight is 450 g/mol. The Bertz CT molecular complexity index is 621. The van der Waals surface area contributed by atoms with Crippen LogP contribution in [0.3, 0.4) is 0 Å². The zero-order valence-corrected chi connectivity index (χ0v) is 19.5. The van der Waals surface area contributed by atoms with Crippen LogP contribution >= 0.6 is 24.8 Å². The third-order valence-electron chi connectivity index (χ3n) is 5.74. The summed E-state index contributed by atoms with van der Waals surface area (Å²) >= 11 is 0. The van der Waals surface area contributed by atoms with Crippen LogP contribution in [-0.2, 0) is 6.54 Å². The van der Waals surface area contributed by atoms with Gasteiger partial charge in [0.05, 0.1) is 12.2 Å². The van der Waals surface area contributed by atoms with Crippen molar-refractivity contribution in [2.45, 2.75) is 31.9 Å². The zero-order valence-electron chi connectivity index (χ0n) is 17.9. The number of halogens is 2. The molecule has 8 heteroatoms. The lowest BCUT2D eigenvalue weighted by molar-refractivity contribution is -0.0899. The van der Waals surface area contributed by atoms with Gasteiger partial charge in [0.25, 0.3) is 0 Å². The molecule has 0 aliphatic carbocycles. The largest absolute Gasteiger partial charge is 0.490 e. The number of nitrogens with zero attached hydrogens (tertiary/aromatic N) is 2. The lowest BCUT2D eigenvalue weighted by Crippen LogP contribution is -2.58. The van der Waals surface area contributed by atoms with E-state index in [-0.39, 0.29) is 24.8 Å². The summed E-state index contributed by atoms with van der Waals surface area (Å²) in [6.45, 7) is 8.74. The molecular formula is C21H37Cl2N3O3. The Kier molecular flexibility index (Phi) is 11.0. The summed E-state index contributed by atoms with van der Waals surface area (Å²) in [5.41, 5.74) is 0.759. The number of piperidine rings is 2. The quantitative estimate of drug-likeness (QED) is 0.635. The molecule has 2 aliphatic rings. The number of likely N-dealkylation sites (N-methyl/N-ethyl adjacent to an activating group) is 1. The van der Waals surface area contributed by atoms with Gasteiger partial charge in [0, 0.05) is 38.6 Å². The molecule has 2 heterocycles. The van der Waals surface area contributed by atoms with Crippen molar-refractivity contribution in [3.63, 3.8) is 0 Å². The average Bonchev–Trinajstić information content (AvgIpc) is 2.63. The second-order valence-electron chi connectivity index (χ2n) is 8.11. The summed E-state index contributed by atoms with van der Waals surface area (Å²) in [5, 5.41) is 14.3. The highest BCUT2D eigenvalue weighted by atomic mass is 35.5. The van der Waals surface area contributed by atoms with Gasteiger partial charge in [0.2, 0.25) is 0 Å². The van der Waals surface area contributed by atoms with Gasteiger partial charge in [-0.15, -0.1) is 24.8 Å². The summed E-state index contributed by atoms with van der Waals surface area (Å²) in [5.74, 6) is 1.95. The van der Waals surface area contributed by atoms with E-state index < -0.39 is 5.60 Å². The maximum absolute atomic E-state index is 10.8. The molecule has 168 valence electrons. The predicted octanol–water partition coefficient (Wildman–Crippen LogP) is 2.42. The van der Waals surface area contributed by atoms with E-state index in [1.54, 1.807) is 0 Å². The van der Waals surface area contributed by atoms with E-state index in [4.69, 9.17) is 9.47 Å². The van der Waals surface area contributed by atoms with E-state index in [2.05, 4.69) is 27.2 Å². The second kappa shape index (κ2) is 12.2. The van der Waals surface area contributed by atoms with Crippen LogP contribution in [0, 0.1) is 5.92 Å². The molecule has 0 unspecified atom stereocenters. The fraction of sp³-hybridized carbons (Fsp3) is 0.714. The van der Waals surface area contributed by atoms with E-state index in [0.29, 0.717) is 19.1 Å². The van der Waals surface area contributed by atoms with Crippen LogP contribution in [0.4, 0.5) is 0 Å². The Morgan fingerprint density at radius 1 is 1.21 bits per heavy atom. The van der Waals surface area contributed by atoms with Crippen LogP contribution < -0.4 is 14.8 Å². The van der Waals surface area contributed by atoms with E-state index in [1.165, 1.54) is 5.56 Å². The highest BCUT2D eigenvalue weighted by Gasteiger charge is 2.42. The maximum Gasteiger partial charge on any atom is 0.161 e. The smallest absolute Gasteiger partial charge is 0.161 e. The van der Waals surface area contributed by atoms with Crippen molar-refractivity contribution in [2.24, 2.45) is 5.92 Å². The van der Waals surface area contributed by atoms with E-state index in [1.807, 2.05) is 27.1 Å². The molecule has 1 aromatic carbocycles. The summed E-state index contributed by atoms with van der Waals surface area (Å²) < 4.78 is 11.7. The van der Waals surface area contributed by atoms with Crippen molar-refractivity contribution < 1.29 is 14.6 Å². The van der Waals surface area contributed by atoms with Gasteiger partial charge in [-0.25, -0.2) is 0 Å². The van der Waals surface area contributed by atoms with Crippen molar-refractivity contribution in [2.75, 3.05) is 60.0 Å². The Labute approximate surface area is 187 Å². The van der Waals surface area contributed by atoms with Crippen molar-refractivity contribution in [1.29, 1.82) is 0 Å². The number of rotatable bonds is 8. The third-order valence-corrected chi connectivity index (χ3v) is 5.74. The first-order valence-corrected chi connectivity index (χ1v) is 10.2. The number of likely N-dealkylation sites (tertiary alicyclic amines) is 1. The molecule has 2 atom stereocenters. The standard InChI is InChI=1S/C21H35N3O3.2ClH/c1-4-26-20-13-17(5-6-19(20)27-12-11-23(2)3)15-24-10-8-21(25)7-9-22-14-18(21)16-24;;/h5-6,13,18,22,25H,4,7-12,14-16H2,1-3H3;2*1H/t18-,21-;;/m0../s1. The summed E-state index contributed by atoms with van der Waals surface area (Å²) in [6.07, 6.45) is 1.74. The number of fused-ring (bicyclic) bond motifs is 1. The minimum atomic E-state index is -0.470. The summed E-state index contributed by atoms with van der Waals surface area (Å²) in [4.78, 5) is 4.55. The van der Waals surface area contributed by atoms with E-state index in [0.717, 1.165) is 63.6 Å². The Balaban J connectivity index is 0.00000210. The maximum atomic E-state index is 10.8. The number of nitrogens with one attached hydrogen (secondary N) is 1. The van der Waals surface area contributed by atoms with Gasteiger partial charge in [0.15, 0.2) is 11.5 Å². The summed E-state index contributed by atoms with van der Waals surface area (Å²) in [6, 6.07) is 6.26. The van der Waals surface area contributed by atoms with Gasteiger partial charge in [0.1, 0.15) is 6.61 Å². The lowest BCUT2D eigenvalue weighted by Gasteiger charge is -2.47. The molecule has 6 nitrogen and oxygen atoms in total. The number of hydrogen-bond donors (Lipinski definition) is 2. The molecule has 0 radical (unpaired) electrons. The SMILES string of the molecule is CCOc1cc(CN2CC[C@@]3(O)CCNC[C@H]3C2)ccc1OCCN(C)C.Cl.Cl. The molecule has 0 aromatic heterocycles. The molecule has 1 aromatic rings. The van der Waals surface area contributed by atoms with Crippen LogP contribution in [-0.4, -0.2) is 80.5 Å². The van der Waals surface area contributed by atoms with Crippen molar-refractivity contribution >= 4 is 24.8 Å². The fourth-order valence-electron chi connectivity index (χ4n) is 4.07. The van der Waals surface area contributed by atoms with E-state index >= 15 is 0 Å². The molecule has 0 bridgehead atoms. The van der Waals surface area contributed by atoms with Crippen molar-refractivity contribution in [3.05, 3.63) is 23.8 Å². The van der Waals surface area contributed by atoms with Gasteiger partial charge < -0.3 is 24.8 Å². The number of benzene rings is 1.